The van der Waals surface area contributed by atoms with Crippen LogP contribution in [0.25, 0.3) is 22.4 Å². The Labute approximate surface area is 244 Å². The summed E-state index contributed by atoms with van der Waals surface area (Å²) in [5, 5.41) is 7.18. The van der Waals surface area contributed by atoms with Crippen LogP contribution in [-0.4, -0.2) is 46.2 Å². The van der Waals surface area contributed by atoms with Gasteiger partial charge in [-0.25, -0.2) is 19.0 Å². The van der Waals surface area contributed by atoms with Crippen molar-refractivity contribution >= 4 is 25.6 Å². The Bertz CT molecular complexity index is 1620. The minimum absolute atomic E-state index is 0.00656. The zero-order valence-electron chi connectivity index (χ0n) is 24.0. The number of nitrogens with one attached hydrogen (secondary N) is 1. The third-order valence-corrected chi connectivity index (χ3v) is 7.91. The van der Waals surface area contributed by atoms with Crippen LogP contribution in [0.3, 0.4) is 0 Å². The molecule has 0 bridgehead atoms. The number of carbonyl (C=O) groups is 2. The van der Waals surface area contributed by atoms with Crippen LogP contribution in [0.4, 0.5) is 10.1 Å². The molecule has 0 saturated heterocycles. The normalized spacial score (nSPS) is 11.3. The van der Waals surface area contributed by atoms with Gasteiger partial charge in [-0.05, 0) is 54.9 Å². The number of primary amides is 1. The number of rotatable bonds is 12. The van der Waals surface area contributed by atoms with Crippen molar-refractivity contribution < 1.29 is 23.5 Å². The zero-order valence-corrected chi connectivity index (χ0v) is 25.0. The second-order valence-corrected chi connectivity index (χ2v) is 16.4. The molecule has 2 heterocycles. The van der Waals surface area contributed by atoms with Crippen molar-refractivity contribution in [1.82, 2.24) is 19.7 Å². The van der Waals surface area contributed by atoms with E-state index in [2.05, 4.69) is 46.6 Å². The molecule has 2 aromatic carbocycles. The zero-order chi connectivity index (χ0) is 30.4. The molecule has 0 atom stereocenters. The second-order valence-electron chi connectivity index (χ2n) is 10.8. The number of hydrogen-bond acceptors (Lipinski definition) is 7. The lowest BCUT2D eigenvalue weighted by Gasteiger charge is -2.16. The Balaban J connectivity index is 1.77. The van der Waals surface area contributed by atoms with Crippen molar-refractivity contribution in [1.29, 1.82) is 0 Å². The molecule has 3 N–H and O–H groups in total. The smallest absolute Gasteiger partial charge is 0.322 e. The maximum atomic E-state index is 15.4. The molecule has 4 rings (SSSR count). The van der Waals surface area contributed by atoms with E-state index >= 15 is 4.39 Å². The van der Waals surface area contributed by atoms with Crippen molar-refractivity contribution in [2.45, 2.75) is 39.3 Å². The lowest BCUT2D eigenvalue weighted by atomic mass is 9.98. The average molecular weight is 589 g/mol. The lowest BCUT2D eigenvalue weighted by Crippen LogP contribution is -2.22. The predicted molar refractivity (Wildman–Crippen MR) is 161 cm³/mol. The summed E-state index contributed by atoms with van der Waals surface area (Å²) in [4.78, 5) is 32.5. The van der Waals surface area contributed by atoms with Crippen molar-refractivity contribution in [3.63, 3.8) is 0 Å². The number of hydrogen-bond donors (Lipinski definition) is 2. The number of anilines is 1. The number of aryl methyl sites for hydroxylation is 1. The SMILES string of the molecule is C=CC(=O)Nc1ccc(-c2c(-c3ccc(Oc4nccc(C)n4)c(F)c3)c(C(N)=O)nn2COCC[Si](C)(C)C)cc1. The minimum Gasteiger partial charge on any atom is -0.421 e. The van der Waals surface area contributed by atoms with Gasteiger partial charge in [0.25, 0.3) is 5.91 Å². The molecule has 2 aromatic heterocycles. The first-order valence-corrected chi connectivity index (χ1v) is 17.0. The van der Waals surface area contributed by atoms with Crippen LogP contribution < -0.4 is 15.8 Å². The van der Waals surface area contributed by atoms with Crippen molar-refractivity contribution in [3.8, 4) is 34.1 Å². The second kappa shape index (κ2) is 12.9. The van der Waals surface area contributed by atoms with Crippen LogP contribution in [0.1, 0.15) is 16.2 Å². The molecule has 218 valence electrons. The van der Waals surface area contributed by atoms with E-state index in [-0.39, 0.29) is 30.1 Å². The summed E-state index contributed by atoms with van der Waals surface area (Å²) in [6.45, 7) is 12.5. The topological polar surface area (TPSA) is 134 Å². The molecule has 0 fully saturated rings. The number of nitrogens with zero attached hydrogens (tertiary/aromatic N) is 4. The third-order valence-electron chi connectivity index (χ3n) is 6.20. The average Bonchev–Trinajstić information content (AvgIpc) is 3.32. The first-order chi connectivity index (χ1) is 19.9. The largest absolute Gasteiger partial charge is 0.421 e. The molecule has 12 heteroatoms. The van der Waals surface area contributed by atoms with Crippen molar-refractivity contribution in [3.05, 3.63) is 84.6 Å². The summed E-state index contributed by atoms with van der Waals surface area (Å²) < 4.78 is 28.4. The summed E-state index contributed by atoms with van der Waals surface area (Å²) >= 11 is 0. The van der Waals surface area contributed by atoms with Gasteiger partial charge in [0.1, 0.15) is 6.73 Å². The van der Waals surface area contributed by atoms with Crippen LogP contribution in [0.2, 0.25) is 25.7 Å². The molecule has 2 amide bonds. The lowest BCUT2D eigenvalue weighted by molar-refractivity contribution is -0.111. The Morgan fingerprint density at radius 3 is 2.45 bits per heavy atom. The van der Waals surface area contributed by atoms with E-state index < -0.39 is 19.8 Å². The number of halogens is 1. The molecule has 42 heavy (non-hydrogen) atoms. The molecule has 4 aromatic rings. The van der Waals surface area contributed by atoms with Crippen LogP contribution in [0.5, 0.6) is 11.8 Å². The molecule has 10 nitrogen and oxygen atoms in total. The summed E-state index contributed by atoms with van der Waals surface area (Å²) in [5.41, 5.74) is 8.75. The fraction of sp³-hybridized carbons (Fsp3) is 0.233. The van der Waals surface area contributed by atoms with Crippen molar-refractivity contribution in [2.75, 3.05) is 11.9 Å². The van der Waals surface area contributed by atoms with Gasteiger partial charge in [0.15, 0.2) is 17.3 Å². The Morgan fingerprint density at radius 2 is 1.83 bits per heavy atom. The Morgan fingerprint density at radius 1 is 1.12 bits per heavy atom. The van der Waals surface area contributed by atoms with E-state index in [1.54, 1.807) is 48.0 Å². The molecular formula is C30H33FN6O4Si. The molecule has 0 aliphatic rings. The van der Waals surface area contributed by atoms with Gasteiger partial charge in [-0.15, -0.1) is 0 Å². The fourth-order valence-electron chi connectivity index (χ4n) is 4.04. The third kappa shape index (κ3) is 7.53. The van der Waals surface area contributed by atoms with Gasteiger partial charge in [0, 0.05) is 43.4 Å². The van der Waals surface area contributed by atoms with Gasteiger partial charge < -0.3 is 20.5 Å². The van der Waals surface area contributed by atoms with E-state index in [0.29, 0.717) is 40.4 Å². The quantitative estimate of drug-likeness (QED) is 0.122. The molecule has 0 saturated carbocycles. The number of benzene rings is 2. The first-order valence-electron chi connectivity index (χ1n) is 13.2. The van der Waals surface area contributed by atoms with E-state index in [4.69, 9.17) is 15.2 Å². The summed E-state index contributed by atoms with van der Waals surface area (Å²) in [6.07, 6.45) is 2.69. The van der Waals surface area contributed by atoms with Crippen LogP contribution in [-0.2, 0) is 16.3 Å². The monoisotopic (exact) mass is 588 g/mol. The fourth-order valence-corrected chi connectivity index (χ4v) is 4.80. The maximum absolute atomic E-state index is 15.4. The number of nitrogens with two attached hydrogens (primary N) is 1. The molecule has 0 unspecified atom stereocenters. The predicted octanol–water partition coefficient (Wildman–Crippen LogP) is 5.78. The van der Waals surface area contributed by atoms with Gasteiger partial charge in [0.2, 0.25) is 5.91 Å². The Kier molecular flexibility index (Phi) is 9.28. The van der Waals surface area contributed by atoms with Gasteiger partial charge in [-0.3, -0.25) is 9.59 Å². The van der Waals surface area contributed by atoms with E-state index in [0.717, 1.165) is 6.04 Å². The van der Waals surface area contributed by atoms with Crippen LogP contribution >= 0.6 is 0 Å². The molecular weight excluding hydrogens is 555 g/mol. The summed E-state index contributed by atoms with van der Waals surface area (Å²) in [5.74, 6) is -1.92. The highest BCUT2D eigenvalue weighted by Gasteiger charge is 2.25. The number of amides is 2. The molecule has 0 spiro atoms. The van der Waals surface area contributed by atoms with Gasteiger partial charge in [0.05, 0.1) is 5.69 Å². The first kappa shape index (κ1) is 30.3. The highest BCUT2D eigenvalue weighted by molar-refractivity contribution is 6.76. The maximum Gasteiger partial charge on any atom is 0.322 e. The van der Waals surface area contributed by atoms with E-state index in [1.807, 2.05) is 0 Å². The molecule has 0 aliphatic carbocycles. The number of ether oxygens (including phenoxy) is 2. The minimum atomic E-state index is -1.35. The highest BCUT2D eigenvalue weighted by atomic mass is 28.3. The summed E-state index contributed by atoms with van der Waals surface area (Å²) in [6, 6.07) is 13.8. The van der Waals surface area contributed by atoms with Gasteiger partial charge >= 0.3 is 6.01 Å². The van der Waals surface area contributed by atoms with Gasteiger partial charge in [-0.2, -0.15) is 5.10 Å². The van der Waals surface area contributed by atoms with E-state index in [1.165, 1.54) is 24.4 Å². The number of carbonyl (C=O) groups excluding carboxylic acids is 2. The van der Waals surface area contributed by atoms with Crippen LogP contribution in [0.15, 0.2) is 67.4 Å². The number of aromatic nitrogens is 4. The summed E-state index contributed by atoms with van der Waals surface area (Å²) in [7, 11) is -1.35. The van der Waals surface area contributed by atoms with Gasteiger partial charge in [-0.1, -0.05) is 44.4 Å². The van der Waals surface area contributed by atoms with Crippen molar-refractivity contribution in [2.24, 2.45) is 5.73 Å². The Hall–Kier alpha value is -4.68. The van der Waals surface area contributed by atoms with Crippen LogP contribution in [0, 0.1) is 12.7 Å². The standard InChI is InChI=1S/C30H33FN6O4Si/c1-6-25(38)35-22-10-7-20(8-11-22)28-26(27(29(32)39)36-37(28)18-40-15-16-42(3,4)5)21-9-12-24(23(31)17-21)41-30-33-14-13-19(2)34-30/h6-14,17H,1,15-16,18H2,2-5H3,(H2,32,39)(H,35,38). The molecule has 0 radical (unpaired) electrons. The molecule has 0 aliphatic heterocycles. The highest BCUT2D eigenvalue weighted by Crippen LogP contribution is 2.38. The van der Waals surface area contributed by atoms with E-state index in [9.17, 15) is 9.59 Å².